The van der Waals surface area contributed by atoms with E-state index in [1.165, 1.54) is 0 Å². The van der Waals surface area contributed by atoms with Crippen molar-refractivity contribution in [1.82, 2.24) is 0 Å². The topological polar surface area (TPSA) is 65.5 Å². The van der Waals surface area contributed by atoms with Gasteiger partial charge in [0.2, 0.25) is 5.17 Å². The summed E-state index contributed by atoms with van der Waals surface area (Å²) in [4.78, 5) is 12.3. The number of benzene rings is 3. The molecule has 0 fully saturated rings. The maximum atomic E-state index is 12.3. The highest BCUT2D eigenvalue weighted by Gasteiger charge is 2.11. The van der Waals surface area contributed by atoms with Gasteiger partial charge in [-0.2, -0.15) is 5.10 Å². The van der Waals surface area contributed by atoms with Gasteiger partial charge in [0.25, 0.3) is 5.91 Å². The Kier molecular flexibility index (Phi) is 6.30. The smallest absolute Gasteiger partial charge is 0.287 e. The van der Waals surface area contributed by atoms with Gasteiger partial charge in [0.15, 0.2) is 0 Å². The zero-order valence-corrected chi connectivity index (χ0v) is 15.6. The first kappa shape index (κ1) is 18.8. The summed E-state index contributed by atoms with van der Waals surface area (Å²) >= 11 is 11.8. The Morgan fingerprint density at radius 1 is 0.778 bits per heavy atom. The first-order valence-corrected chi connectivity index (χ1v) is 8.84. The standard InChI is InChI=1S/C20H16Cl2N4O/c21-14-10-12-16(13-11-14)25-26-19(22)20(27)24-18-9-5-4-8-17(18)23-15-6-2-1-3-7-15/h1-13,23,25H,(H,24,27)/b26-19+. The van der Waals surface area contributed by atoms with Crippen molar-refractivity contribution in [2.75, 3.05) is 16.1 Å². The Balaban J connectivity index is 1.68. The second kappa shape index (κ2) is 9.07. The Labute approximate surface area is 167 Å². The van der Waals surface area contributed by atoms with E-state index in [4.69, 9.17) is 23.2 Å². The molecule has 5 nitrogen and oxygen atoms in total. The van der Waals surface area contributed by atoms with Crippen molar-refractivity contribution in [2.45, 2.75) is 0 Å². The van der Waals surface area contributed by atoms with E-state index in [1.807, 2.05) is 48.5 Å². The van der Waals surface area contributed by atoms with Crippen LogP contribution >= 0.6 is 23.2 Å². The van der Waals surface area contributed by atoms with Crippen LogP contribution in [0.2, 0.25) is 5.02 Å². The van der Waals surface area contributed by atoms with Gasteiger partial charge in [-0.05, 0) is 48.5 Å². The zero-order valence-electron chi connectivity index (χ0n) is 14.1. The lowest BCUT2D eigenvalue weighted by molar-refractivity contribution is -0.110. The van der Waals surface area contributed by atoms with Gasteiger partial charge in [0.1, 0.15) is 0 Å². The third kappa shape index (κ3) is 5.48. The number of nitrogens with zero attached hydrogens (tertiary/aromatic N) is 1. The Morgan fingerprint density at radius 3 is 2.11 bits per heavy atom. The molecule has 0 saturated heterocycles. The van der Waals surface area contributed by atoms with Crippen molar-refractivity contribution in [3.05, 3.63) is 83.9 Å². The van der Waals surface area contributed by atoms with E-state index in [2.05, 4.69) is 21.2 Å². The fourth-order valence-electron chi connectivity index (χ4n) is 2.24. The molecule has 3 N–H and O–H groups in total. The van der Waals surface area contributed by atoms with E-state index in [0.717, 1.165) is 11.4 Å². The number of hydrogen-bond donors (Lipinski definition) is 3. The number of hydrazone groups is 1. The molecule has 0 bridgehead atoms. The molecule has 0 spiro atoms. The summed E-state index contributed by atoms with van der Waals surface area (Å²) in [5.41, 5.74) is 5.61. The second-order valence-electron chi connectivity index (χ2n) is 5.51. The van der Waals surface area contributed by atoms with Crippen molar-refractivity contribution in [3.8, 4) is 0 Å². The maximum Gasteiger partial charge on any atom is 0.287 e. The average molecular weight is 399 g/mol. The molecule has 3 aromatic rings. The van der Waals surface area contributed by atoms with Gasteiger partial charge in [-0.15, -0.1) is 0 Å². The van der Waals surface area contributed by atoms with Gasteiger partial charge in [-0.25, -0.2) is 0 Å². The van der Waals surface area contributed by atoms with Crippen LogP contribution in [-0.2, 0) is 4.79 Å². The Bertz CT molecular complexity index is 944. The third-order valence-electron chi connectivity index (χ3n) is 3.54. The van der Waals surface area contributed by atoms with Crippen LogP contribution in [0.25, 0.3) is 0 Å². The average Bonchev–Trinajstić information content (AvgIpc) is 2.69. The van der Waals surface area contributed by atoms with Crippen LogP contribution in [0.5, 0.6) is 0 Å². The molecule has 0 atom stereocenters. The fraction of sp³-hybridized carbons (Fsp3) is 0. The molecule has 1 amide bonds. The zero-order chi connectivity index (χ0) is 19.1. The van der Waals surface area contributed by atoms with Crippen LogP contribution in [0, 0.1) is 0 Å². The van der Waals surface area contributed by atoms with Gasteiger partial charge in [-0.3, -0.25) is 10.2 Å². The number of carbonyl (C=O) groups is 1. The Morgan fingerprint density at radius 2 is 1.41 bits per heavy atom. The molecule has 3 rings (SSSR count). The third-order valence-corrected chi connectivity index (χ3v) is 4.05. The first-order valence-electron chi connectivity index (χ1n) is 8.09. The van der Waals surface area contributed by atoms with E-state index < -0.39 is 5.91 Å². The summed E-state index contributed by atoms with van der Waals surface area (Å²) in [6, 6.07) is 23.9. The van der Waals surface area contributed by atoms with Crippen molar-refractivity contribution < 1.29 is 4.79 Å². The van der Waals surface area contributed by atoms with Crippen LogP contribution in [0.15, 0.2) is 84.0 Å². The summed E-state index contributed by atoms with van der Waals surface area (Å²) in [5.74, 6) is -0.527. The van der Waals surface area contributed by atoms with Gasteiger partial charge in [0.05, 0.1) is 17.1 Å². The predicted octanol–water partition coefficient (Wildman–Crippen LogP) is 5.69. The van der Waals surface area contributed by atoms with Crippen molar-refractivity contribution in [3.63, 3.8) is 0 Å². The minimum atomic E-state index is -0.527. The lowest BCUT2D eigenvalue weighted by Gasteiger charge is -2.12. The van der Waals surface area contributed by atoms with Crippen molar-refractivity contribution >= 4 is 57.0 Å². The highest BCUT2D eigenvalue weighted by molar-refractivity contribution is 6.84. The number of hydrogen-bond acceptors (Lipinski definition) is 4. The minimum Gasteiger partial charge on any atom is -0.354 e. The summed E-state index contributed by atoms with van der Waals surface area (Å²) in [6.07, 6.45) is 0. The second-order valence-corrected chi connectivity index (χ2v) is 6.31. The van der Waals surface area contributed by atoms with E-state index in [0.29, 0.717) is 16.4 Å². The number of anilines is 4. The number of rotatable bonds is 6. The molecule has 3 aromatic carbocycles. The number of amides is 1. The summed E-state index contributed by atoms with van der Waals surface area (Å²) < 4.78 is 0. The Hall–Kier alpha value is -3.02. The molecule has 0 aliphatic carbocycles. The van der Waals surface area contributed by atoms with Crippen molar-refractivity contribution in [1.29, 1.82) is 0 Å². The summed E-state index contributed by atoms with van der Waals surface area (Å²) in [5, 5.41) is 10.3. The number of halogens is 2. The lowest BCUT2D eigenvalue weighted by atomic mass is 10.2. The highest BCUT2D eigenvalue weighted by atomic mass is 35.5. The van der Waals surface area contributed by atoms with E-state index >= 15 is 0 Å². The number of para-hydroxylation sites is 3. The molecule has 0 aliphatic heterocycles. The number of nitrogens with one attached hydrogen (secondary N) is 3. The van der Waals surface area contributed by atoms with Crippen LogP contribution in [0.1, 0.15) is 0 Å². The van der Waals surface area contributed by atoms with E-state index in [1.54, 1.807) is 30.3 Å². The lowest BCUT2D eigenvalue weighted by Crippen LogP contribution is -2.20. The van der Waals surface area contributed by atoms with Crippen LogP contribution in [-0.4, -0.2) is 11.1 Å². The molecule has 0 heterocycles. The minimum absolute atomic E-state index is 0.223. The first-order chi connectivity index (χ1) is 13.1. The fourth-order valence-corrected chi connectivity index (χ4v) is 2.46. The largest absolute Gasteiger partial charge is 0.354 e. The molecule has 0 radical (unpaired) electrons. The molecule has 0 saturated carbocycles. The molecule has 0 unspecified atom stereocenters. The molecular weight excluding hydrogens is 383 g/mol. The van der Waals surface area contributed by atoms with E-state index in [-0.39, 0.29) is 5.17 Å². The number of carbonyl (C=O) groups excluding carboxylic acids is 1. The molecule has 0 aromatic heterocycles. The predicted molar refractivity (Wildman–Crippen MR) is 113 cm³/mol. The molecule has 136 valence electrons. The summed E-state index contributed by atoms with van der Waals surface area (Å²) in [6.45, 7) is 0. The molecule has 27 heavy (non-hydrogen) atoms. The molecular formula is C20H16Cl2N4O. The molecule has 7 heteroatoms. The van der Waals surface area contributed by atoms with Gasteiger partial charge in [0, 0.05) is 10.7 Å². The van der Waals surface area contributed by atoms with Gasteiger partial charge >= 0.3 is 0 Å². The SMILES string of the molecule is O=C(Nc1ccccc1Nc1ccccc1)/C(Cl)=N\Nc1ccc(Cl)cc1. The molecule has 0 aliphatic rings. The van der Waals surface area contributed by atoms with Gasteiger partial charge < -0.3 is 10.6 Å². The quantitative estimate of drug-likeness (QED) is 0.369. The normalized spacial score (nSPS) is 11.0. The maximum absolute atomic E-state index is 12.3. The van der Waals surface area contributed by atoms with E-state index in [9.17, 15) is 4.79 Å². The summed E-state index contributed by atoms with van der Waals surface area (Å²) in [7, 11) is 0. The van der Waals surface area contributed by atoms with Crippen LogP contribution in [0.4, 0.5) is 22.7 Å². The van der Waals surface area contributed by atoms with Gasteiger partial charge in [-0.1, -0.05) is 53.5 Å². The highest BCUT2D eigenvalue weighted by Crippen LogP contribution is 2.25. The van der Waals surface area contributed by atoms with Crippen LogP contribution in [0.3, 0.4) is 0 Å². The monoisotopic (exact) mass is 398 g/mol. The van der Waals surface area contributed by atoms with Crippen LogP contribution < -0.4 is 16.1 Å². The van der Waals surface area contributed by atoms with Crippen molar-refractivity contribution in [2.24, 2.45) is 5.10 Å².